The zero-order valence-corrected chi connectivity index (χ0v) is 14.6. The number of aliphatic hydroxyl groups is 2. The van der Waals surface area contributed by atoms with Gasteiger partial charge in [-0.3, -0.25) is 4.79 Å². The van der Waals surface area contributed by atoms with E-state index in [4.69, 9.17) is 9.47 Å². The number of benzene rings is 1. The van der Waals surface area contributed by atoms with Gasteiger partial charge in [0.2, 0.25) is 0 Å². The number of fused-ring (bicyclic) bond motifs is 1. The lowest BCUT2D eigenvalue weighted by Gasteiger charge is -2.16. The molecule has 1 heterocycles. The van der Waals surface area contributed by atoms with Crippen LogP contribution in [0, 0.1) is 0 Å². The third kappa shape index (κ3) is 4.71. The summed E-state index contributed by atoms with van der Waals surface area (Å²) >= 11 is 0. The van der Waals surface area contributed by atoms with Crippen LogP contribution in [0.4, 0.5) is 0 Å². The maximum absolute atomic E-state index is 12.4. The van der Waals surface area contributed by atoms with Crippen LogP contribution >= 0.6 is 0 Å². The predicted octanol–water partition coefficient (Wildman–Crippen LogP) is 1.60. The van der Waals surface area contributed by atoms with Crippen molar-refractivity contribution in [2.45, 2.75) is 38.1 Å². The number of phenols is 1. The monoisotopic (exact) mass is 362 g/mol. The summed E-state index contributed by atoms with van der Waals surface area (Å²) in [6.45, 7) is 1.64. The Balaban J connectivity index is 2.45. The van der Waals surface area contributed by atoms with Crippen molar-refractivity contribution in [1.82, 2.24) is 0 Å². The molecule has 0 aliphatic carbocycles. The molecule has 3 N–H and O–H groups in total. The molecule has 7 nitrogen and oxygen atoms in total. The Morgan fingerprint density at radius 3 is 2.50 bits per heavy atom. The van der Waals surface area contributed by atoms with Gasteiger partial charge in [0, 0.05) is 12.5 Å². The summed E-state index contributed by atoms with van der Waals surface area (Å²) in [4.78, 5) is 24.3. The Labute approximate surface area is 151 Å². The van der Waals surface area contributed by atoms with E-state index in [9.17, 15) is 24.9 Å². The van der Waals surface area contributed by atoms with Crippen molar-refractivity contribution in [3.8, 4) is 11.5 Å². The van der Waals surface area contributed by atoms with Gasteiger partial charge in [-0.2, -0.15) is 0 Å². The Bertz CT molecular complexity index is 736. The average Bonchev–Trinajstić information content (AvgIpc) is 2.59. The normalized spacial score (nSPS) is 24.5. The second-order valence-electron chi connectivity index (χ2n) is 6.02. The predicted molar refractivity (Wildman–Crippen MR) is 94.0 cm³/mol. The van der Waals surface area contributed by atoms with Gasteiger partial charge in [0.25, 0.3) is 0 Å². The highest BCUT2D eigenvalue weighted by atomic mass is 16.5. The quantitative estimate of drug-likeness (QED) is 0.650. The van der Waals surface area contributed by atoms with Crippen molar-refractivity contribution >= 4 is 17.8 Å². The van der Waals surface area contributed by atoms with Crippen LogP contribution in [0.5, 0.6) is 11.5 Å². The Hall–Kier alpha value is -2.64. The summed E-state index contributed by atoms with van der Waals surface area (Å²) in [5.41, 5.74) is 0.306. The fourth-order valence-corrected chi connectivity index (χ4v) is 2.51. The second-order valence-corrected chi connectivity index (χ2v) is 6.02. The van der Waals surface area contributed by atoms with Gasteiger partial charge in [-0.05, 0) is 31.1 Å². The topological polar surface area (TPSA) is 113 Å². The lowest BCUT2D eigenvalue weighted by atomic mass is 10.0. The largest absolute Gasteiger partial charge is 0.507 e. The molecule has 0 unspecified atom stereocenters. The molecule has 1 aromatic carbocycles. The third-order valence-corrected chi connectivity index (χ3v) is 3.95. The number of ketones is 1. The molecule has 26 heavy (non-hydrogen) atoms. The first-order valence-corrected chi connectivity index (χ1v) is 8.18. The molecule has 1 aromatic rings. The Morgan fingerprint density at radius 2 is 1.81 bits per heavy atom. The maximum atomic E-state index is 12.4. The molecule has 0 saturated carbocycles. The van der Waals surface area contributed by atoms with Gasteiger partial charge in [-0.1, -0.05) is 18.2 Å². The van der Waals surface area contributed by atoms with Crippen molar-refractivity contribution in [3.63, 3.8) is 0 Å². The molecule has 7 heteroatoms. The highest BCUT2D eigenvalue weighted by Crippen LogP contribution is 2.30. The number of rotatable bonds is 1. The lowest BCUT2D eigenvalue weighted by molar-refractivity contribution is -0.127. The first-order chi connectivity index (χ1) is 12.3. The molecule has 1 aliphatic heterocycles. The highest BCUT2D eigenvalue weighted by molar-refractivity contribution is 5.97. The standard InChI is InChI=1S/C19H22O7/c1-11-5-3-7-14(20)18(23)15(21)8-4-6-12-9-13(25-2)10-16(22)17(12)19(24)26-11/h3-4,6-7,9-11,15,18,21-23H,5,8H2,1-2H3/t11-,15+,18-/m1/s1. The SMILES string of the molecule is COc1cc(O)c2c(c1)C=CC[C@H](O)[C@H](O)C(=O)C=CC[C@@H](C)OC2=O. The molecule has 1 aliphatic rings. The molecule has 0 amide bonds. The van der Waals surface area contributed by atoms with Gasteiger partial charge in [0.05, 0.1) is 13.2 Å². The van der Waals surface area contributed by atoms with E-state index >= 15 is 0 Å². The fourth-order valence-electron chi connectivity index (χ4n) is 2.51. The van der Waals surface area contributed by atoms with Crippen LogP contribution in [-0.4, -0.2) is 52.5 Å². The summed E-state index contributed by atoms with van der Waals surface area (Å²) in [5.74, 6) is -1.29. The van der Waals surface area contributed by atoms with Crippen LogP contribution in [-0.2, 0) is 9.53 Å². The maximum Gasteiger partial charge on any atom is 0.342 e. The zero-order valence-electron chi connectivity index (χ0n) is 14.6. The molecule has 0 aromatic heterocycles. The molecule has 2 rings (SSSR count). The lowest BCUT2D eigenvalue weighted by Crippen LogP contribution is -2.32. The molecular weight excluding hydrogens is 340 g/mol. The van der Waals surface area contributed by atoms with E-state index in [2.05, 4.69) is 0 Å². The zero-order chi connectivity index (χ0) is 19.3. The van der Waals surface area contributed by atoms with Crippen LogP contribution in [0.25, 0.3) is 6.08 Å². The summed E-state index contributed by atoms with van der Waals surface area (Å²) < 4.78 is 10.4. The van der Waals surface area contributed by atoms with E-state index in [1.165, 1.54) is 37.5 Å². The number of carbonyl (C=O) groups excluding carboxylic acids is 2. The average molecular weight is 362 g/mol. The molecule has 0 radical (unpaired) electrons. The van der Waals surface area contributed by atoms with E-state index < -0.39 is 30.1 Å². The number of hydrogen-bond donors (Lipinski definition) is 3. The van der Waals surface area contributed by atoms with E-state index in [1.807, 2.05) is 0 Å². The van der Waals surface area contributed by atoms with Gasteiger partial charge >= 0.3 is 5.97 Å². The van der Waals surface area contributed by atoms with E-state index in [1.54, 1.807) is 6.92 Å². The van der Waals surface area contributed by atoms with Gasteiger partial charge in [0.15, 0.2) is 5.78 Å². The molecular formula is C19H22O7. The highest BCUT2D eigenvalue weighted by Gasteiger charge is 2.23. The van der Waals surface area contributed by atoms with Gasteiger partial charge < -0.3 is 24.8 Å². The van der Waals surface area contributed by atoms with Crippen LogP contribution < -0.4 is 4.74 Å². The number of methoxy groups -OCH3 is 1. The number of cyclic esters (lactones) is 1. The second kappa shape index (κ2) is 8.64. The van der Waals surface area contributed by atoms with Gasteiger partial charge in [0.1, 0.15) is 29.3 Å². The molecule has 0 spiro atoms. The number of hydrogen-bond acceptors (Lipinski definition) is 7. The first kappa shape index (κ1) is 19.7. The summed E-state index contributed by atoms with van der Waals surface area (Å²) in [6.07, 6.45) is 2.42. The number of aliphatic hydroxyl groups excluding tert-OH is 2. The summed E-state index contributed by atoms with van der Waals surface area (Å²) in [5, 5.41) is 30.0. The number of carbonyl (C=O) groups is 2. The van der Waals surface area contributed by atoms with Crippen LogP contribution in [0.15, 0.2) is 30.4 Å². The van der Waals surface area contributed by atoms with Crippen molar-refractivity contribution < 1.29 is 34.4 Å². The van der Waals surface area contributed by atoms with Gasteiger partial charge in [-0.15, -0.1) is 0 Å². The molecule has 3 atom stereocenters. The number of esters is 1. The molecule has 0 bridgehead atoms. The number of ether oxygens (including phenoxy) is 2. The van der Waals surface area contributed by atoms with Gasteiger partial charge in [-0.25, -0.2) is 4.79 Å². The number of phenolic OH excluding ortho intramolecular Hbond substituents is 1. The van der Waals surface area contributed by atoms with Crippen molar-refractivity contribution in [2.75, 3.05) is 7.11 Å². The van der Waals surface area contributed by atoms with E-state index in [0.717, 1.165) is 6.08 Å². The Morgan fingerprint density at radius 1 is 1.12 bits per heavy atom. The number of aromatic hydroxyl groups is 1. The summed E-state index contributed by atoms with van der Waals surface area (Å²) in [6, 6.07) is 2.84. The van der Waals surface area contributed by atoms with Crippen molar-refractivity contribution in [1.29, 1.82) is 0 Å². The van der Waals surface area contributed by atoms with Crippen LogP contribution in [0.3, 0.4) is 0 Å². The third-order valence-electron chi connectivity index (χ3n) is 3.95. The first-order valence-electron chi connectivity index (χ1n) is 8.18. The van der Waals surface area contributed by atoms with Crippen LogP contribution in [0.2, 0.25) is 0 Å². The molecule has 0 saturated heterocycles. The minimum absolute atomic E-state index is 0.0242. The van der Waals surface area contributed by atoms with E-state index in [0.29, 0.717) is 11.3 Å². The Kier molecular flexibility index (Phi) is 6.54. The fraction of sp³-hybridized carbons (Fsp3) is 0.368. The molecule has 0 fully saturated rings. The summed E-state index contributed by atoms with van der Waals surface area (Å²) in [7, 11) is 1.42. The van der Waals surface area contributed by atoms with E-state index in [-0.39, 0.29) is 24.2 Å². The van der Waals surface area contributed by atoms with Crippen LogP contribution in [0.1, 0.15) is 35.7 Å². The minimum atomic E-state index is -1.55. The van der Waals surface area contributed by atoms with Crippen molar-refractivity contribution in [3.05, 3.63) is 41.5 Å². The smallest absolute Gasteiger partial charge is 0.342 e. The van der Waals surface area contributed by atoms with Crippen molar-refractivity contribution in [2.24, 2.45) is 0 Å². The molecule has 140 valence electrons. The minimum Gasteiger partial charge on any atom is -0.507 e.